The number of hydrogen-bond donors (Lipinski definition) is 3. The van der Waals surface area contributed by atoms with E-state index in [0.29, 0.717) is 17.7 Å². The zero-order valence-electron chi connectivity index (χ0n) is 15.1. The molecule has 27 heavy (non-hydrogen) atoms. The fourth-order valence-corrected chi connectivity index (χ4v) is 3.03. The van der Waals surface area contributed by atoms with Crippen LogP contribution in [-0.4, -0.2) is 24.4 Å². The van der Waals surface area contributed by atoms with Crippen LogP contribution >= 0.6 is 0 Å². The number of rotatable bonds is 5. The first-order valence-corrected chi connectivity index (χ1v) is 8.82. The van der Waals surface area contributed by atoms with E-state index < -0.39 is 5.91 Å². The molecule has 0 aliphatic carbocycles. The van der Waals surface area contributed by atoms with E-state index in [0.717, 1.165) is 24.2 Å². The van der Waals surface area contributed by atoms with E-state index >= 15 is 0 Å². The maximum Gasteiger partial charge on any atom is 0.319 e. The van der Waals surface area contributed by atoms with E-state index in [-0.39, 0.29) is 18.0 Å². The molecule has 7 heteroatoms. The van der Waals surface area contributed by atoms with Gasteiger partial charge in [0.05, 0.1) is 6.04 Å². The lowest BCUT2D eigenvalue weighted by molar-refractivity contribution is -0.117. The summed E-state index contributed by atoms with van der Waals surface area (Å²) in [6.07, 6.45) is 1.49. The fourth-order valence-electron chi connectivity index (χ4n) is 3.03. The number of benzene rings is 2. The molecule has 1 fully saturated rings. The summed E-state index contributed by atoms with van der Waals surface area (Å²) >= 11 is 0. The number of amides is 4. The van der Waals surface area contributed by atoms with E-state index in [1.807, 2.05) is 31.2 Å². The number of nitrogens with two attached hydrogens (primary N) is 1. The largest absolute Gasteiger partial charge is 0.366 e. The second kappa shape index (κ2) is 7.90. The van der Waals surface area contributed by atoms with Gasteiger partial charge in [-0.25, -0.2) is 4.79 Å². The van der Waals surface area contributed by atoms with Crippen LogP contribution in [0, 0.1) is 0 Å². The second-order valence-electron chi connectivity index (χ2n) is 6.50. The summed E-state index contributed by atoms with van der Waals surface area (Å²) in [7, 11) is 0. The number of carbonyl (C=O) groups is 3. The molecule has 140 valence electrons. The van der Waals surface area contributed by atoms with Crippen LogP contribution in [0.5, 0.6) is 0 Å². The molecule has 2 aromatic carbocycles. The first kappa shape index (κ1) is 18.4. The average Bonchev–Trinajstić information content (AvgIpc) is 3.08. The first-order valence-electron chi connectivity index (χ1n) is 8.82. The minimum absolute atomic E-state index is 0.149. The van der Waals surface area contributed by atoms with Crippen LogP contribution < -0.4 is 21.3 Å². The van der Waals surface area contributed by atoms with Gasteiger partial charge in [0.25, 0.3) is 0 Å². The second-order valence-corrected chi connectivity index (χ2v) is 6.50. The Labute approximate surface area is 157 Å². The summed E-state index contributed by atoms with van der Waals surface area (Å²) in [5.41, 5.74) is 7.95. The standard InChI is InChI=1S/C20H22N4O3/c1-13(14-6-10-17(11-7-14)24-12-2-3-18(24)25)22-20(27)23-16-8-4-15(5-9-16)19(21)26/h4-11,13H,2-3,12H2,1H3,(H2,21,26)(H2,22,23,27). The highest BCUT2D eigenvalue weighted by Gasteiger charge is 2.21. The van der Waals surface area contributed by atoms with Gasteiger partial charge in [0.2, 0.25) is 11.8 Å². The third-order valence-corrected chi connectivity index (χ3v) is 4.55. The van der Waals surface area contributed by atoms with Crippen molar-refractivity contribution in [3.05, 3.63) is 59.7 Å². The molecule has 1 aliphatic heterocycles. The highest BCUT2D eigenvalue weighted by atomic mass is 16.2. The number of anilines is 2. The van der Waals surface area contributed by atoms with Gasteiger partial charge in [-0.15, -0.1) is 0 Å². The van der Waals surface area contributed by atoms with Crippen molar-refractivity contribution in [1.29, 1.82) is 0 Å². The average molecular weight is 366 g/mol. The molecule has 0 spiro atoms. The number of nitrogens with one attached hydrogen (secondary N) is 2. The lowest BCUT2D eigenvalue weighted by Crippen LogP contribution is -2.31. The lowest BCUT2D eigenvalue weighted by Gasteiger charge is -2.18. The summed E-state index contributed by atoms with van der Waals surface area (Å²) in [5.74, 6) is -0.366. The van der Waals surface area contributed by atoms with Gasteiger partial charge in [0, 0.05) is 29.9 Å². The zero-order chi connectivity index (χ0) is 19.4. The lowest BCUT2D eigenvalue weighted by atomic mass is 10.1. The number of urea groups is 1. The van der Waals surface area contributed by atoms with E-state index in [4.69, 9.17) is 5.73 Å². The summed E-state index contributed by atoms with van der Waals surface area (Å²) < 4.78 is 0. The minimum Gasteiger partial charge on any atom is -0.366 e. The van der Waals surface area contributed by atoms with Gasteiger partial charge < -0.3 is 21.3 Å². The summed E-state index contributed by atoms with van der Waals surface area (Å²) in [6, 6.07) is 13.4. The monoisotopic (exact) mass is 366 g/mol. The molecule has 1 saturated heterocycles. The van der Waals surface area contributed by atoms with Crippen molar-refractivity contribution in [2.75, 3.05) is 16.8 Å². The van der Waals surface area contributed by atoms with E-state index in [1.165, 1.54) is 0 Å². The third-order valence-electron chi connectivity index (χ3n) is 4.55. The van der Waals surface area contributed by atoms with Crippen molar-refractivity contribution >= 4 is 29.2 Å². The smallest absolute Gasteiger partial charge is 0.319 e. The quantitative estimate of drug-likeness (QED) is 0.758. The molecule has 1 unspecified atom stereocenters. The Hall–Kier alpha value is -3.35. The number of carbonyl (C=O) groups excluding carboxylic acids is 3. The molecular formula is C20H22N4O3. The molecular weight excluding hydrogens is 344 g/mol. The zero-order valence-corrected chi connectivity index (χ0v) is 15.1. The molecule has 7 nitrogen and oxygen atoms in total. The topological polar surface area (TPSA) is 105 Å². The van der Waals surface area contributed by atoms with Crippen molar-refractivity contribution in [3.8, 4) is 0 Å². The van der Waals surface area contributed by atoms with Gasteiger partial charge in [-0.05, 0) is 55.3 Å². The molecule has 4 N–H and O–H groups in total. The van der Waals surface area contributed by atoms with Crippen molar-refractivity contribution in [3.63, 3.8) is 0 Å². The van der Waals surface area contributed by atoms with Gasteiger partial charge in [-0.1, -0.05) is 12.1 Å². The molecule has 3 rings (SSSR count). The molecule has 2 aromatic rings. The molecule has 0 bridgehead atoms. The highest BCUT2D eigenvalue weighted by Crippen LogP contribution is 2.23. The van der Waals surface area contributed by atoms with Crippen molar-refractivity contribution < 1.29 is 14.4 Å². The van der Waals surface area contributed by atoms with E-state index in [2.05, 4.69) is 10.6 Å². The Balaban J connectivity index is 1.57. The molecule has 1 atom stereocenters. The van der Waals surface area contributed by atoms with Crippen LogP contribution in [0.4, 0.5) is 16.2 Å². The predicted molar refractivity (Wildman–Crippen MR) is 104 cm³/mol. The molecule has 0 saturated carbocycles. The number of primary amides is 1. The van der Waals surface area contributed by atoms with E-state index in [1.54, 1.807) is 29.2 Å². The molecule has 0 radical (unpaired) electrons. The van der Waals surface area contributed by atoms with Gasteiger partial charge in [-0.2, -0.15) is 0 Å². The molecule has 1 aliphatic rings. The summed E-state index contributed by atoms with van der Waals surface area (Å²) in [5, 5.41) is 5.57. The molecule has 4 amide bonds. The normalized spacial score (nSPS) is 14.7. The van der Waals surface area contributed by atoms with Crippen molar-refractivity contribution in [1.82, 2.24) is 5.32 Å². The van der Waals surface area contributed by atoms with Gasteiger partial charge in [0.15, 0.2) is 0 Å². The Morgan fingerprint density at radius 2 is 1.74 bits per heavy atom. The van der Waals surface area contributed by atoms with Crippen LogP contribution in [0.3, 0.4) is 0 Å². The SMILES string of the molecule is CC(NC(=O)Nc1ccc(C(N)=O)cc1)c1ccc(N2CCCC2=O)cc1. The van der Waals surface area contributed by atoms with Crippen LogP contribution in [0.25, 0.3) is 0 Å². The minimum atomic E-state index is -0.515. The van der Waals surface area contributed by atoms with Crippen LogP contribution in [0.2, 0.25) is 0 Å². The Kier molecular flexibility index (Phi) is 5.40. The van der Waals surface area contributed by atoms with Gasteiger partial charge in [0.1, 0.15) is 0 Å². The van der Waals surface area contributed by atoms with Gasteiger partial charge >= 0.3 is 6.03 Å². The molecule has 1 heterocycles. The van der Waals surface area contributed by atoms with Crippen molar-refractivity contribution in [2.24, 2.45) is 5.73 Å². The van der Waals surface area contributed by atoms with E-state index in [9.17, 15) is 14.4 Å². The number of hydrogen-bond acceptors (Lipinski definition) is 3. The Bertz CT molecular complexity index is 847. The van der Waals surface area contributed by atoms with Crippen molar-refractivity contribution in [2.45, 2.75) is 25.8 Å². The predicted octanol–water partition coefficient (Wildman–Crippen LogP) is 2.80. The summed E-state index contributed by atoms with van der Waals surface area (Å²) in [6.45, 7) is 2.63. The Morgan fingerprint density at radius 1 is 1.07 bits per heavy atom. The van der Waals surface area contributed by atoms with Crippen LogP contribution in [-0.2, 0) is 4.79 Å². The maximum absolute atomic E-state index is 12.2. The van der Waals surface area contributed by atoms with Crippen LogP contribution in [0.1, 0.15) is 41.7 Å². The fraction of sp³-hybridized carbons (Fsp3) is 0.250. The Morgan fingerprint density at radius 3 is 2.30 bits per heavy atom. The summed E-state index contributed by atoms with van der Waals surface area (Å²) in [4.78, 5) is 36.8. The third kappa shape index (κ3) is 4.44. The van der Waals surface area contributed by atoms with Gasteiger partial charge in [-0.3, -0.25) is 9.59 Å². The molecule has 0 aromatic heterocycles. The maximum atomic E-state index is 12.2. The van der Waals surface area contributed by atoms with Crippen LogP contribution in [0.15, 0.2) is 48.5 Å². The first-order chi connectivity index (χ1) is 12.9. The number of nitrogens with zero attached hydrogens (tertiary/aromatic N) is 1. The highest BCUT2D eigenvalue weighted by molar-refractivity contribution is 5.95.